The number of thiophene rings is 1. The lowest BCUT2D eigenvalue weighted by atomic mass is 10.3. The van der Waals surface area contributed by atoms with Gasteiger partial charge >= 0.3 is 0 Å². The highest BCUT2D eigenvalue weighted by Gasteiger charge is 2.34. The summed E-state index contributed by atoms with van der Waals surface area (Å²) in [4.78, 5) is 1.84. The Labute approximate surface area is 149 Å². The van der Waals surface area contributed by atoms with Gasteiger partial charge in [0.25, 0.3) is 10.0 Å². The molecule has 3 rings (SSSR count). The SMILES string of the molecule is CN(C)c1ccc(OC2CCN(S(=O)(=O)c3ccc(Cl)s3)C2)nn1. The molecule has 24 heavy (non-hydrogen) atoms. The Morgan fingerprint density at radius 3 is 2.67 bits per heavy atom. The van der Waals surface area contributed by atoms with Crippen LogP contribution in [-0.4, -0.2) is 56.2 Å². The highest BCUT2D eigenvalue weighted by molar-refractivity contribution is 7.91. The number of hydrogen-bond donors (Lipinski definition) is 0. The van der Waals surface area contributed by atoms with Crippen molar-refractivity contribution in [3.8, 4) is 5.88 Å². The summed E-state index contributed by atoms with van der Waals surface area (Å²) in [6.07, 6.45) is 0.366. The summed E-state index contributed by atoms with van der Waals surface area (Å²) in [7, 11) is 0.236. The lowest BCUT2D eigenvalue weighted by Gasteiger charge is -2.16. The first-order valence-corrected chi connectivity index (χ1v) is 9.93. The molecule has 2 aromatic heterocycles. The molecule has 0 aliphatic carbocycles. The van der Waals surface area contributed by atoms with Crippen LogP contribution in [-0.2, 0) is 10.0 Å². The van der Waals surface area contributed by atoms with Gasteiger partial charge < -0.3 is 9.64 Å². The summed E-state index contributed by atoms with van der Waals surface area (Å²) >= 11 is 6.90. The number of nitrogens with zero attached hydrogens (tertiary/aromatic N) is 4. The minimum absolute atomic E-state index is 0.241. The minimum atomic E-state index is -3.52. The summed E-state index contributed by atoms with van der Waals surface area (Å²) in [5, 5.41) is 8.06. The van der Waals surface area contributed by atoms with Crippen LogP contribution in [0.4, 0.5) is 5.82 Å². The molecule has 1 saturated heterocycles. The second-order valence-electron chi connectivity index (χ2n) is 5.57. The first-order valence-electron chi connectivity index (χ1n) is 7.29. The third-order valence-electron chi connectivity index (χ3n) is 3.62. The fourth-order valence-corrected chi connectivity index (χ4v) is 5.48. The Hall–Kier alpha value is -1.42. The second kappa shape index (κ2) is 6.83. The van der Waals surface area contributed by atoms with E-state index in [1.54, 1.807) is 18.2 Å². The van der Waals surface area contributed by atoms with E-state index in [1.807, 2.05) is 19.0 Å². The predicted molar refractivity (Wildman–Crippen MR) is 93.5 cm³/mol. The number of sulfonamides is 1. The molecule has 0 N–H and O–H groups in total. The molecule has 10 heteroatoms. The van der Waals surface area contributed by atoms with Crippen LogP contribution in [0, 0.1) is 0 Å². The third kappa shape index (κ3) is 3.64. The third-order valence-corrected chi connectivity index (χ3v) is 7.19. The van der Waals surface area contributed by atoms with E-state index < -0.39 is 10.0 Å². The van der Waals surface area contributed by atoms with Crippen LogP contribution < -0.4 is 9.64 Å². The van der Waals surface area contributed by atoms with Crippen LogP contribution in [0.3, 0.4) is 0 Å². The van der Waals surface area contributed by atoms with Crippen molar-refractivity contribution in [3.05, 3.63) is 28.6 Å². The number of aromatic nitrogens is 2. The summed E-state index contributed by atoms with van der Waals surface area (Å²) in [6.45, 7) is 0.695. The molecule has 3 heterocycles. The monoisotopic (exact) mass is 388 g/mol. The van der Waals surface area contributed by atoms with Crippen molar-refractivity contribution < 1.29 is 13.2 Å². The van der Waals surface area contributed by atoms with Gasteiger partial charge in [0.05, 0.1) is 10.9 Å². The van der Waals surface area contributed by atoms with Gasteiger partial charge in [-0.2, -0.15) is 4.31 Å². The van der Waals surface area contributed by atoms with Crippen molar-refractivity contribution >= 4 is 38.8 Å². The van der Waals surface area contributed by atoms with Gasteiger partial charge in [-0.25, -0.2) is 8.42 Å². The topological polar surface area (TPSA) is 75.6 Å². The summed E-state index contributed by atoms with van der Waals surface area (Å²) in [5.41, 5.74) is 0. The zero-order valence-corrected chi connectivity index (χ0v) is 15.6. The fourth-order valence-electron chi connectivity index (χ4n) is 2.36. The summed E-state index contributed by atoms with van der Waals surface area (Å²) in [5.74, 6) is 1.12. The van der Waals surface area contributed by atoms with Gasteiger partial charge in [-0.05, 0) is 24.6 Å². The average Bonchev–Trinajstić information content (AvgIpc) is 3.17. The standard InChI is InChI=1S/C14H17ClN4O3S2/c1-18(2)12-4-5-13(17-16-12)22-10-7-8-19(9-10)24(20,21)14-6-3-11(15)23-14/h3-6,10H,7-9H2,1-2H3. The normalized spacial score (nSPS) is 18.7. The Morgan fingerprint density at radius 1 is 1.29 bits per heavy atom. The van der Waals surface area contributed by atoms with Gasteiger partial charge in [0, 0.05) is 26.7 Å². The molecule has 1 unspecified atom stereocenters. The molecule has 0 aromatic carbocycles. The van der Waals surface area contributed by atoms with Gasteiger partial charge in [-0.15, -0.1) is 21.5 Å². The Kier molecular flexibility index (Phi) is 4.95. The minimum Gasteiger partial charge on any atom is -0.472 e. The molecule has 0 spiro atoms. The quantitative estimate of drug-likeness (QED) is 0.780. The lowest BCUT2D eigenvalue weighted by Crippen LogP contribution is -2.30. The van der Waals surface area contributed by atoms with Crippen LogP contribution >= 0.6 is 22.9 Å². The Balaban J connectivity index is 1.65. The Bertz CT molecular complexity index is 808. The molecular formula is C14H17ClN4O3S2. The van der Waals surface area contributed by atoms with Gasteiger partial charge in [0.15, 0.2) is 5.82 Å². The Morgan fingerprint density at radius 2 is 2.08 bits per heavy atom. The van der Waals surface area contributed by atoms with E-state index in [1.165, 1.54) is 10.4 Å². The van der Waals surface area contributed by atoms with Crippen molar-refractivity contribution in [1.29, 1.82) is 0 Å². The molecule has 1 atom stereocenters. The van der Waals surface area contributed by atoms with Gasteiger partial charge in [-0.1, -0.05) is 11.6 Å². The zero-order chi connectivity index (χ0) is 17.3. The van der Waals surface area contributed by atoms with E-state index in [0.717, 1.165) is 17.2 Å². The predicted octanol–water partition coefficient (Wildman–Crippen LogP) is 2.10. The number of halogens is 1. The maximum absolute atomic E-state index is 12.6. The molecule has 1 fully saturated rings. The number of ether oxygens (including phenoxy) is 1. The number of rotatable bonds is 5. The van der Waals surface area contributed by atoms with Crippen molar-refractivity contribution in [2.24, 2.45) is 0 Å². The van der Waals surface area contributed by atoms with E-state index >= 15 is 0 Å². The summed E-state index contributed by atoms with van der Waals surface area (Å²) in [6, 6.07) is 6.66. The smallest absolute Gasteiger partial charge is 0.252 e. The van der Waals surface area contributed by atoms with Crippen molar-refractivity contribution in [2.45, 2.75) is 16.7 Å². The molecular weight excluding hydrogens is 372 g/mol. The molecule has 2 aromatic rings. The van der Waals surface area contributed by atoms with E-state index in [9.17, 15) is 8.42 Å². The largest absolute Gasteiger partial charge is 0.472 e. The lowest BCUT2D eigenvalue weighted by molar-refractivity contribution is 0.205. The first kappa shape index (κ1) is 17.4. The number of hydrogen-bond acceptors (Lipinski definition) is 7. The molecule has 130 valence electrons. The second-order valence-corrected chi connectivity index (χ2v) is 9.45. The van der Waals surface area contributed by atoms with Gasteiger partial charge in [0.1, 0.15) is 10.3 Å². The molecule has 0 saturated carbocycles. The van der Waals surface area contributed by atoms with Crippen LogP contribution in [0.1, 0.15) is 6.42 Å². The molecule has 0 amide bonds. The maximum atomic E-state index is 12.6. The molecule has 1 aliphatic rings. The fraction of sp³-hybridized carbons (Fsp3) is 0.429. The van der Waals surface area contributed by atoms with Crippen LogP contribution in [0.15, 0.2) is 28.5 Å². The average molecular weight is 389 g/mol. The van der Waals surface area contributed by atoms with Gasteiger partial charge in [0.2, 0.25) is 5.88 Å². The van der Waals surface area contributed by atoms with Crippen molar-refractivity contribution in [3.63, 3.8) is 0 Å². The molecule has 0 radical (unpaired) electrons. The first-order chi connectivity index (χ1) is 11.4. The highest BCUT2D eigenvalue weighted by Crippen LogP contribution is 2.30. The maximum Gasteiger partial charge on any atom is 0.252 e. The van der Waals surface area contributed by atoms with E-state index in [0.29, 0.717) is 23.2 Å². The molecule has 7 nitrogen and oxygen atoms in total. The van der Waals surface area contributed by atoms with E-state index in [2.05, 4.69) is 10.2 Å². The number of anilines is 1. The molecule has 1 aliphatic heterocycles. The van der Waals surface area contributed by atoms with Crippen LogP contribution in [0.25, 0.3) is 0 Å². The van der Waals surface area contributed by atoms with Crippen molar-refractivity contribution in [1.82, 2.24) is 14.5 Å². The van der Waals surface area contributed by atoms with Crippen molar-refractivity contribution in [2.75, 3.05) is 32.1 Å². The molecule has 0 bridgehead atoms. The highest BCUT2D eigenvalue weighted by atomic mass is 35.5. The van der Waals surface area contributed by atoms with Crippen LogP contribution in [0.5, 0.6) is 5.88 Å². The summed E-state index contributed by atoms with van der Waals surface area (Å²) < 4.78 is 33.0. The van der Waals surface area contributed by atoms with E-state index in [4.69, 9.17) is 16.3 Å². The van der Waals surface area contributed by atoms with Crippen LogP contribution in [0.2, 0.25) is 4.34 Å². The van der Waals surface area contributed by atoms with Gasteiger partial charge in [-0.3, -0.25) is 0 Å². The zero-order valence-electron chi connectivity index (χ0n) is 13.2. The van der Waals surface area contributed by atoms with E-state index in [-0.39, 0.29) is 16.9 Å².